The third-order valence-corrected chi connectivity index (χ3v) is 2.44. The van der Waals surface area contributed by atoms with Gasteiger partial charge in [0.2, 0.25) is 0 Å². The van der Waals surface area contributed by atoms with Crippen LogP contribution in [-0.4, -0.2) is 28.5 Å². The Morgan fingerprint density at radius 2 is 2.24 bits per heavy atom. The zero-order valence-electron chi connectivity index (χ0n) is 9.73. The van der Waals surface area contributed by atoms with Crippen LogP contribution in [0.15, 0.2) is 30.5 Å². The quantitative estimate of drug-likeness (QED) is 0.855. The van der Waals surface area contributed by atoms with Crippen LogP contribution < -0.4 is 5.32 Å². The number of nitrogens with zero attached hydrogens (tertiary/aromatic N) is 3. The van der Waals surface area contributed by atoms with Crippen molar-refractivity contribution < 1.29 is 4.39 Å². The topological polar surface area (TPSA) is 42.7 Å². The second-order valence-electron chi connectivity index (χ2n) is 3.68. The van der Waals surface area contributed by atoms with E-state index in [0.717, 1.165) is 17.1 Å². The first-order valence-electron chi connectivity index (χ1n) is 5.54. The molecule has 2 aromatic rings. The summed E-state index contributed by atoms with van der Waals surface area (Å²) < 4.78 is 14.1. The van der Waals surface area contributed by atoms with Crippen molar-refractivity contribution in [1.82, 2.24) is 20.1 Å². The van der Waals surface area contributed by atoms with Crippen LogP contribution in [0.2, 0.25) is 0 Å². The summed E-state index contributed by atoms with van der Waals surface area (Å²) in [4.78, 5) is 4.23. The number of aryl methyl sites for hydroxylation is 1. The molecule has 0 aromatic carbocycles. The maximum absolute atomic E-state index is 12.4. The Labute approximate surface area is 99.5 Å². The minimum Gasteiger partial charge on any atom is -0.314 e. The SMILES string of the molecule is CNCc1cc(-c2ccccn2)nn1CCF. The summed E-state index contributed by atoms with van der Waals surface area (Å²) in [5.41, 5.74) is 2.55. The fraction of sp³-hybridized carbons (Fsp3) is 0.333. The molecule has 0 aliphatic heterocycles. The van der Waals surface area contributed by atoms with Gasteiger partial charge in [-0.15, -0.1) is 0 Å². The lowest BCUT2D eigenvalue weighted by Crippen LogP contribution is -2.13. The van der Waals surface area contributed by atoms with E-state index in [1.54, 1.807) is 10.9 Å². The van der Waals surface area contributed by atoms with E-state index in [9.17, 15) is 4.39 Å². The van der Waals surface area contributed by atoms with Gasteiger partial charge in [-0.2, -0.15) is 5.10 Å². The van der Waals surface area contributed by atoms with Gasteiger partial charge in [0.15, 0.2) is 0 Å². The number of alkyl halides is 1. The van der Waals surface area contributed by atoms with Crippen molar-refractivity contribution >= 4 is 0 Å². The molecule has 0 bridgehead atoms. The van der Waals surface area contributed by atoms with Gasteiger partial charge in [-0.25, -0.2) is 4.39 Å². The Bertz CT molecular complexity index is 443. The summed E-state index contributed by atoms with van der Waals surface area (Å²) in [5.74, 6) is 0. The van der Waals surface area contributed by atoms with E-state index in [4.69, 9.17) is 0 Å². The van der Waals surface area contributed by atoms with Crippen molar-refractivity contribution in [1.29, 1.82) is 0 Å². The van der Waals surface area contributed by atoms with Crippen LogP contribution >= 0.6 is 0 Å². The van der Waals surface area contributed by atoms with Crippen molar-refractivity contribution in [2.24, 2.45) is 0 Å². The fourth-order valence-corrected chi connectivity index (χ4v) is 1.69. The average molecular weight is 234 g/mol. The summed E-state index contributed by atoms with van der Waals surface area (Å²) >= 11 is 0. The van der Waals surface area contributed by atoms with Crippen LogP contribution in [0.25, 0.3) is 11.4 Å². The summed E-state index contributed by atoms with van der Waals surface area (Å²) in [6.45, 7) is 0.531. The number of rotatable bonds is 5. The van der Waals surface area contributed by atoms with E-state index >= 15 is 0 Å². The molecule has 0 atom stereocenters. The first-order valence-corrected chi connectivity index (χ1v) is 5.54. The Balaban J connectivity index is 2.33. The molecular formula is C12H15FN4. The number of halogens is 1. The lowest BCUT2D eigenvalue weighted by molar-refractivity contribution is 0.418. The molecule has 0 aliphatic rings. The fourth-order valence-electron chi connectivity index (χ4n) is 1.69. The Kier molecular flexibility index (Phi) is 3.82. The Hall–Kier alpha value is -1.75. The number of pyridine rings is 1. The molecule has 0 spiro atoms. The highest BCUT2D eigenvalue weighted by molar-refractivity contribution is 5.53. The summed E-state index contributed by atoms with van der Waals surface area (Å²) in [5, 5.41) is 7.41. The van der Waals surface area contributed by atoms with E-state index in [0.29, 0.717) is 6.54 Å². The maximum Gasteiger partial charge on any atom is 0.111 e. The van der Waals surface area contributed by atoms with Crippen LogP contribution in [0.1, 0.15) is 5.69 Å². The van der Waals surface area contributed by atoms with E-state index in [2.05, 4.69) is 15.4 Å². The van der Waals surface area contributed by atoms with Gasteiger partial charge in [-0.1, -0.05) is 6.07 Å². The molecule has 1 N–H and O–H groups in total. The molecule has 0 radical (unpaired) electrons. The highest BCUT2D eigenvalue weighted by Crippen LogP contribution is 2.16. The molecule has 2 aromatic heterocycles. The first kappa shape index (κ1) is 11.7. The average Bonchev–Trinajstić information content (AvgIpc) is 2.75. The van der Waals surface area contributed by atoms with Gasteiger partial charge < -0.3 is 5.32 Å². The van der Waals surface area contributed by atoms with Crippen LogP contribution in [0, 0.1) is 0 Å². The normalized spacial score (nSPS) is 10.7. The zero-order chi connectivity index (χ0) is 12.1. The van der Waals surface area contributed by atoms with Crippen LogP contribution in [-0.2, 0) is 13.1 Å². The maximum atomic E-state index is 12.4. The molecular weight excluding hydrogens is 219 g/mol. The third-order valence-electron chi connectivity index (χ3n) is 2.44. The molecule has 5 heteroatoms. The van der Waals surface area contributed by atoms with Gasteiger partial charge in [-0.05, 0) is 25.2 Å². The molecule has 0 fully saturated rings. The van der Waals surface area contributed by atoms with Gasteiger partial charge in [0.1, 0.15) is 12.4 Å². The minimum atomic E-state index is -0.417. The van der Waals surface area contributed by atoms with Gasteiger partial charge in [0.05, 0.1) is 17.9 Å². The van der Waals surface area contributed by atoms with Crippen molar-refractivity contribution in [3.8, 4) is 11.4 Å². The second kappa shape index (κ2) is 5.54. The van der Waals surface area contributed by atoms with E-state index < -0.39 is 6.67 Å². The summed E-state index contributed by atoms with van der Waals surface area (Å²) in [6, 6.07) is 7.60. The monoisotopic (exact) mass is 234 g/mol. The first-order chi connectivity index (χ1) is 8.35. The molecule has 0 amide bonds. The van der Waals surface area contributed by atoms with E-state index in [1.165, 1.54) is 0 Å². The summed E-state index contributed by atoms with van der Waals surface area (Å²) in [6.07, 6.45) is 1.72. The van der Waals surface area contributed by atoms with Gasteiger partial charge >= 0.3 is 0 Å². The lowest BCUT2D eigenvalue weighted by Gasteiger charge is -2.03. The molecule has 0 saturated carbocycles. The largest absolute Gasteiger partial charge is 0.314 e. The molecule has 90 valence electrons. The molecule has 0 unspecified atom stereocenters. The van der Waals surface area contributed by atoms with Crippen LogP contribution in [0.5, 0.6) is 0 Å². The second-order valence-corrected chi connectivity index (χ2v) is 3.68. The zero-order valence-corrected chi connectivity index (χ0v) is 9.73. The Morgan fingerprint density at radius 3 is 2.88 bits per heavy atom. The van der Waals surface area contributed by atoms with Crippen molar-refractivity contribution in [2.45, 2.75) is 13.1 Å². The highest BCUT2D eigenvalue weighted by atomic mass is 19.1. The number of nitrogens with one attached hydrogen (secondary N) is 1. The molecule has 17 heavy (non-hydrogen) atoms. The number of aromatic nitrogens is 3. The Morgan fingerprint density at radius 1 is 1.35 bits per heavy atom. The third kappa shape index (κ3) is 2.68. The molecule has 4 nitrogen and oxygen atoms in total. The standard InChI is InChI=1S/C12H15FN4/c1-14-9-10-8-12(16-17(10)7-5-13)11-4-2-3-6-15-11/h2-4,6,8,14H,5,7,9H2,1H3. The van der Waals surface area contributed by atoms with E-state index in [1.807, 2.05) is 31.3 Å². The molecule has 0 saturated heterocycles. The van der Waals surface area contributed by atoms with Crippen LogP contribution in [0.3, 0.4) is 0 Å². The molecule has 2 heterocycles. The van der Waals surface area contributed by atoms with Crippen molar-refractivity contribution in [2.75, 3.05) is 13.7 Å². The van der Waals surface area contributed by atoms with Crippen LogP contribution in [0.4, 0.5) is 4.39 Å². The number of hydrogen-bond acceptors (Lipinski definition) is 3. The lowest BCUT2D eigenvalue weighted by atomic mass is 10.2. The molecule has 2 rings (SSSR count). The van der Waals surface area contributed by atoms with Gasteiger partial charge in [0, 0.05) is 12.7 Å². The van der Waals surface area contributed by atoms with E-state index in [-0.39, 0.29) is 6.54 Å². The predicted molar refractivity (Wildman–Crippen MR) is 64.2 cm³/mol. The minimum absolute atomic E-state index is 0.282. The number of hydrogen-bond donors (Lipinski definition) is 1. The predicted octanol–water partition coefficient (Wildman–Crippen LogP) is 1.63. The smallest absolute Gasteiger partial charge is 0.111 e. The van der Waals surface area contributed by atoms with Crippen molar-refractivity contribution in [3.63, 3.8) is 0 Å². The molecule has 0 aliphatic carbocycles. The van der Waals surface area contributed by atoms with Gasteiger partial charge in [0.25, 0.3) is 0 Å². The van der Waals surface area contributed by atoms with Crippen molar-refractivity contribution in [3.05, 3.63) is 36.2 Å². The highest BCUT2D eigenvalue weighted by Gasteiger charge is 2.09. The summed E-state index contributed by atoms with van der Waals surface area (Å²) in [7, 11) is 1.85. The van der Waals surface area contributed by atoms with Gasteiger partial charge in [-0.3, -0.25) is 9.67 Å².